The Bertz CT molecular complexity index is 347. The summed E-state index contributed by atoms with van der Waals surface area (Å²) in [7, 11) is 0. The standard InChI is InChI=1S/C15H25NO3/c1-2-15(8-4-3-5-9-15)14(19)16-10-6-7-12(16)11-13(17)18/h12H,2-11H2,1H3,(H,17,18). The number of carboxylic acids is 1. The molecule has 0 aromatic heterocycles. The Labute approximate surface area is 115 Å². The van der Waals surface area contributed by atoms with Crippen molar-refractivity contribution in [3.8, 4) is 0 Å². The van der Waals surface area contributed by atoms with Crippen LogP contribution >= 0.6 is 0 Å². The number of hydrogen-bond acceptors (Lipinski definition) is 2. The Morgan fingerprint density at radius 1 is 1.21 bits per heavy atom. The molecule has 19 heavy (non-hydrogen) atoms. The van der Waals surface area contributed by atoms with Crippen molar-refractivity contribution in [1.29, 1.82) is 0 Å². The zero-order chi connectivity index (χ0) is 13.9. The van der Waals surface area contributed by atoms with Gasteiger partial charge in [-0.1, -0.05) is 26.2 Å². The summed E-state index contributed by atoms with van der Waals surface area (Å²) in [6, 6.07) is -0.0737. The smallest absolute Gasteiger partial charge is 0.305 e. The Balaban J connectivity index is 2.10. The van der Waals surface area contributed by atoms with E-state index in [2.05, 4.69) is 6.92 Å². The predicted molar refractivity (Wildman–Crippen MR) is 72.8 cm³/mol. The molecule has 1 atom stereocenters. The number of rotatable bonds is 4. The minimum Gasteiger partial charge on any atom is -0.481 e. The lowest BCUT2D eigenvalue weighted by molar-refractivity contribution is -0.147. The minimum absolute atomic E-state index is 0.0737. The van der Waals surface area contributed by atoms with E-state index in [-0.39, 0.29) is 23.8 Å². The van der Waals surface area contributed by atoms with E-state index in [9.17, 15) is 9.59 Å². The maximum absolute atomic E-state index is 12.9. The topological polar surface area (TPSA) is 57.6 Å². The van der Waals surface area contributed by atoms with Crippen LogP contribution in [0.15, 0.2) is 0 Å². The van der Waals surface area contributed by atoms with Gasteiger partial charge in [-0.3, -0.25) is 9.59 Å². The zero-order valence-electron chi connectivity index (χ0n) is 11.9. The van der Waals surface area contributed by atoms with E-state index in [0.717, 1.165) is 51.5 Å². The number of carbonyl (C=O) groups excluding carboxylic acids is 1. The molecule has 108 valence electrons. The van der Waals surface area contributed by atoms with Crippen LogP contribution in [-0.2, 0) is 9.59 Å². The first kappa shape index (κ1) is 14.4. The molecule has 1 amide bonds. The van der Waals surface area contributed by atoms with Crippen molar-refractivity contribution >= 4 is 11.9 Å². The molecule has 0 bridgehead atoms. The molecule has 1 aliphatic heterocycles. The van der Waals surface area contributed by atoms with Crippen LogP contribution in [0.4, 0.5) is 0 Å². The lowest BCUT2D eigenvalue weighted by Crippen LogP contribution is -2.47. The van der Waals surface area contributed by atoms with Crippen LogP contribution in [0.2, 0.25) is 0 Å². The molecule has 0 radical (unpaired) electrons. The summed E-state index contributed by atoms with van der Waals surface area (Å²) in [4.78, 5) is 25.7. The number of aliphatic carboxylic acids is 1. The van der Waals surface area contributed by atoms with Crippen molar-refractivity contribution in [1.82, 2.24) is 4.90 Å². The van der Waals surface area contributed by atoms with Crippen LogP contribution in [0.3, 0.4) is 0 Å². The van der Waals surface area contributed by atoms with Gasteiger partial charge in [-0.25, -0.2) is 0 Å². The first-order valence-corrected chi connectivity index (χ1v) is 7.62. The Morgan fingerprint density at radius 3 is 2.47 bits per heavy atom. The SMILES string of the molecule is CCC1(C(=O)N2CCCC2CC(=O)O)CCCCC1. The lowest BCUT2D eigenvalue weighted by Gasteiger charge is -2.39. The lowest BCUT2D eigenvalue weighted by atomic mass is 9.71. The molecule has 1 unspecified atom stereocenters. The van der Waals surface area contributed by atoms with Crippen molar-refractivity contribution in [2.45, 2.75) is 70.8 Å². The van der Waals surface area contributed by atoms with E-state index >= 15 is 0 Å². The number of nitrogens with zero attached hydrogens (tertiary/aromatic N) is 1. The highest BCUT2D eigenvalue weighted by molar-refractivity contribution is 5.84. The second-order valence-corrected chi connectivity index (χ2v) is 6.09. The van der Waals surface area contributed by atoms with Crippen LogP contribution < -0.4 is 0 Å². The molecule has 2 aliphatic rings. The fraction of sp³-hybridized carbons (Fsp3) is 0.867. The number of carboxylic acid groups (broad SMARTS) is 1. The van der Waals surface area contributed by atoms with Gasteiger partial charge in [0.15, 0.2) is 0 Å². The average molecular weight is 267 g/mol. The van der Waals surface area contributed by atoms with Crippen molar-refractivity contribution in [3.63, 3.8) is 0 Å². The van der Waals surface area contributed by atoms with E-state index in [1.165, 1.54) is 6.42 Å². The number of likely N-dealkylation sites (tertiary alicyclic amines) is 1. The third kappa shape index (κ3) is 2.93. The Kier molecular flexibility index (Phi) is 4.48. The quantitative estimate of drug-likeness (QED) is 0.852. The first-order valence-electron chi connectivity index (χ1n) is 7.62. The summed E-state index contributed by atoms with van der Waals surface area (Å²) in [6.45, 7) is 2.85. The molecule has 0 spiro atoms. The second kappa shape index (κ2) is 5.93. The van der Waals surface area contributed by atoms with E-state index in [0.29, 0.717) is 0 Å². The molecule has 1 N–H and O–H groups in total. The molecule has 4 heteroatoms. The van der Waals surface area contributed by atoms with Crippen molar-refractivity contribution < 1.29 is 14.7 Å². The van der Waals surface area contributed by atoms with Crippen LogP contribution in [0.1, 0.15) is 64.7 Å². The monoisotopic (exact) mass is 267 g/mol. The molecular formula is C15H25NO3. The van der Waals surface area contributed by atoms with E-state index in [1.807, 2.05) is 4.90 Å². The summed E-state index contributed by atoms with van der Waals surface area (Å²) in [5.74, 6) is -0.558. The second-order valence-electron chi connectivity index (χ2n) is 6.09. The van der Waals surface area contributed by atoms with Gasteiger partial charge in [0.25, 0.3) is 0 Å². The minimum atomic E-state index is -0.793. The van der Waals surface area contributed by atoms with Gasteiger partial charge in [0.05, 0.1) is 6.42 Å². The maximum atomic E-state index is 12.9. The number of hydrogen-bond donors (Lipinski definition) is 1. The fourth-order valence-electron chi connectivity index (χ4n) is 3.77. The van der Waals surface area contributed by atoms with Crippen LogP contribution in [0, 0.1) is 5.41 Å². The number of amides is 1. The van der Waals surface area contributed by atoms with Gasteiger partial charge < -0.3 is 10.0 Å². The molecular weight excluding hydrogens is 242 g/mol. The van der Waals surface area contributed by atoms with Gasteiger partial charge in [0, 0.05) is 18.0 Å². The highest BCUT2D eigenvalue weighted by atomic mass is 16.4. The third-order valence-electron chi connectivity index (χ3n) is 4.99. The van der Waals surface area contributed by atoms with Gasteiger partial charge in [-0.05, 0) is 32.1 Å². The summed E-state index contributed by atoms with van der Waals surface area (Å²) < 4.78 is 0. The van der Waals surface area contributed by atoms with Gasteiger partial charge >= 0.3 is 5.97 Å². The van der Waals surface area contributed by atoms with E-state index in [1.54, 1.807) is 0 Å². The van der Waals surface area contributed by atoms with Crippen LogP contribution in [0.25, 0.3) is 0 Å². The van der Waals surface area contributed by atoms with Gasteiger partial charge in [0.1, 0.15) is 0 Å². The summed E-state index contributed by atoms with van der Waals surface area (Å²) in [5, 5.41) is 8.97. The molecule has 2 fully saturated rings. The Hall–Kier alpha value is -1.06. The normalized spacial score (nSPS) is 26.4. The van der Waals surface area contributed by atoms with Crippen molar-refractivity contribution in [3.05, 3.63) is 0 Å². The third-order valence-corrected chi connectivity index (χ3v) is 4.99. The summed E-state index contributed by atoms with van der Waals surface area (Å²) in [5.41, 5.74) is -0.195. The van der Waals surface area contributed by atoms with E-state index in [4.69, 9.17) is 5.11 Å². The maximum Gasteiger partial charge on any atom is 0.305 e. The highest BCUT2D eigenvalue weighted by Crippen LogP contribution is 2.42. The molecule has 1 heterocycles. The van der Waals surface area contributed by atoms with Crippen molar-refractivity contribution in [2.75, 3.05) is 6.54 Å². The molecule has 4 nitrogen and oxygen atoms in total. The molecule has 0 aromatic carbocycles. The summed E-state index contributed by atoms with van der Waals surface area (Å²) in [6.07, 6.45) is 8.26. The van der Waals surface area contributed by atoms with Gasteiger partial charge in [-0.15, -0.1) is 0 Å². The highest BCUT2D eigenvalue weighted by Gasteiger charge is 2.43. The summed E-state index contributed by atoms with van der Waals surface area (Å²) >= 11 is 0. The molecule has 1 saturated heterocycles. The van der Waals surface area contributed by atoms with E-state index < -0.39 is 5.97 Å². The average Bonchev–Trinajstić information content (AvgIpc) is 2.85. The van der Waals surface area contributed by atoms with Gasteiger partial charge in [-0.2, -0.15) is 0 Å². The van der Waals surface area contributed by atoms with Crippen LogP contribution in [0.5, 0.6) is 0 Å². The van der Waals surface area contributed by atoms with Crippen LogP contribution in [-0.4, -0.2) is 34.5 Å². The zero-order valence-corrected chi connectivity index (χ0v) is 11.9. The molecule has 0 aromatic rings. The van der Waals surface area contributed by atoms with Crippen molar-refractivity contribution in [2.24, 2.45) is 5.41 Å². The van der Waals surface area contributed by atoms with Gasteiger partial charge in [0.2, 0.25) is 5.91 Å². The molecule has 2 rings (SSSR count). The molecule has 1 saturated carbocycles. The largest absolute Gasteiger partial charge is 0.481 e. The number of carbonyl (C=O) groups is 2. The fourth-order valence-corrected chi connectivity index (χ4v) is 3.77. The molecule has 1 aliphatic carbocycles. The Morgan fingerprint density at radius 2 is 1.89 bits per heavy atom. The first-order chi connectivity index (χ1) is 9.09. The predicted octanol–water partition coefficient (Wildman–Crippen LogP) is 2.81.